The highest BCUT2D eigenvalue weighted by molar-refractivity contribution is 5.25. The van der Waals surface area contributed by atoms with Gasteiger partial charge in [-0.15, -0.1) is 0 Å². The summed E-state index contributed by atoms with van der Waals surface area (Å²) >= 11 is 0. The molecule has 0 saturated heterocycles. The maximum absolute atomic E-state index is 5.22. The number of methoxy groups -OCH3 is 1. The van der Waals surface area contributed by atoms with Gasteiger partial charge in [0.1, 0.15) is 0 Å². The molecule has 0 spiro atoms. The molecule has 0 radical (unpaired) electrons. The lowest BCUT2D eigenvalue weighted by Crippen LogP contribution is -2.29. The molecule has 0 bridgehead atoms. The van der Waals surface area contributed by atoms with Gasteiger partial charge in [0.05, 0.1) is 7.11 Å². The smallest absolute Gasteiger partial charge is 0.217 e. The summed E-state index contributed by atoms with van der Waals surface area (Å²) in [6.45, 7) is 4.09. The van der Waals surface area contributed by atoms with E-state index in [9.17, 15) is 0 Å². The summed E-state index contributed by atoms with van der Waals surface area (Å²) in [7, 11) is 5.84. The zero-order valence-corrected chi connectivity index (χ0v) is 11.2. The number of pyridine rings is 1. The molecule has 1 rings (SSSR count). The molecule has 4 nitrogen and oxygen atoms in total. The first-order chi connectivity index (χ1) is 8.13. The van der Waals surface area contributed by atoms with E-state index in [1.165, 1.54) is 0 Å². The third-order valence-corrected chi connectivity index (χ3v) is 2.69. The first-order valence-electron chi connectivity index (χ1n) is 5.99. The summed E-state index contributed by atoms with van der Waals surface area (Å²) in [5, 5.41) is 3.48. The molecule has 0 aliphatic heterocycles. The van der Waals surface area contributed by atoms with E-state index in [1.54, 1.807) is 13.3 Å². The predicted octanol–water partition coefficient (Wildman–Crippen LogP) is 1.52. The van der Waals surface area contributed by atoms with Crippen molar-refractivity contribution in [3.63, 3.8) is 0 Å². The van der Waals surface area contributed by atoms with Crippen LogP contribution in [0.2, 0.25) is 0 Å². The van der Waals surface area contributed by atoms with Crippen molar-refractivity contribution in [3.8, 4) is 5.88 Å². The fourth-order valence-corrected chi connectivity index (χ4v) is 1.58. The van der Waals surface area contributed by atoms with Crippen molar-refractivity contribution >= 4 is 0 Å². The van der Waals surface area contributed by atoms with E-state index in [-0.39, 0.29) is 0 Å². The fourth-order valence-electron chi connectivity index (χ4n) is 1.58. The van der Waals surface area contributed by atoms with E-state index in [1.807, 2.05) is 12.1 Å². The Kier molecular flexibility index (Phi) is 5.94. The number of nitrogens with zero attached hydrogens (tertiary/aromatic N) is 2. The van der Waals surface area contributed by atoms with Gasteiger partial charge in [0.25, 0.3) is 0 Å². The minimum absolute atomic E-state index is 0.488. The monoisotopic (exact) mass is 237 g/mol. The third-order valence-electron chi connectivity index (χ3n) is 2.69. The maximum Gasteiger partial charge on any atom is 0.217 e. The van der Waals surface area contributed by atoms with E-state index in [2.05, 4.69) is 36.2 Å². The van der Waals surface area contributed by atoms with Gasteiger partial charge in [0.2, 0.25) is 5.88 Å². The topological polar surface area (TPSA) is 37.4 Å². The molecule has 0 aliphatic rings. The van der Waals surface area contributed by atoms with E-state index in [0.29, 0.717) is 11.9 Å². The molecule has 17 heavy (non-hydrogen) atoms. The van der Waals surface area contributed by atoms with Gasteiger partial charge in [0, 0.05) is 24.3 Å². The van der Waals surface area contributed by atoms with Crippen molar-refractivity contribution in [2.75, 3.05) is 27.7 Å². The highest BCUT2D eigenvalue weighted by Gasteiger charge is 2.06. The number of hydrogen-bond acceptors (Lipinski definition) is 4. The molecule has 96 valence electrons. The van der Waals surface area contributed by atoms with Gasteiger partial charge in [0.15, 0.2) is 0 Å². The Hall–Kier alpha value is -1.13. The highest BCUT2D eigenvalue weighted by Crippen LogP contribution is 2.13. The summed E-state index contributed by atoms with van der Waals surface area (Å²) in [6.07, 6.45) is 2.88. The van der Waals surface area contributed by atoms with Crippen LogP contribution in [0.15, 0.2) is 18.3 Å². The quantitative estimate of drug-likeness (QED) is 0.780. The first-order valence-corrected chi connectivity index (χ1v) is 5.99. The van der Waals surface area contributed by atoms with Crippen LogP contribution >= 0.6 is 0 Å². The second-order valence-corrected chi connectivity index (χ2v) is 4.55. The summed E-state index contributed by atoms with van der Waals surface area (Å²) < 4.78 is 5.22. The fraction of sp³-hybridized carbons (Fsp3) is 0.615. The molecule has 0 aromatic carbocycles. The van der Waals surface area contributed by atoms with E-state index < -0.39 is 0 Å². The average molecular weight is 237 g/mol. The van der Waals surface area contributed by atoms with Crippen molar-refractivity contribution in [2.24, 2.45) is 0 Å². The van der Waals surface area contributed by atoms with Crippen LogP contribution in [-0.2, 0) is 6.54 Å². The van der Waals surface area contributed by atoms with E-state index >= 15 is 0 Å². The Morgan fingerprint density at radius 1 is 1.47 bits per heavy atom. The second kappa shape index (κ2) is 7.25. The molecule has 1 atom stereocenters. The summed E-state index contributed by atoms with van der Waals surface area (Å²) in [5.74, 6) is 0.708. The van der Waals surface area contributed by atoms with Gasteiger partial charge in [-0.2, -0.15) is 0 Å². The van der Waals surface area contributed by atoms with Gasteiger partial charge >= 0.3 is 0 Å². The average Bonchev–Trinajstić information content (AvgIpc) is 2.34. The first kappa shape index (κ1) is 13.9. The molecular formula is C13H23N3O. The largest absolute Gasteiger partial charge is 0.481 e. The Morgan fingerprint density at radius 3 is 2.88 bits per heavy atom. The Morgan fingerprint density at radius 2 is 2.24 bits per heavy atom. The minimum Gasteiger partial charge on any atom is -0.481 e. The van der Waals surface area contributed by atoms with Crippen molar-refractivity contribution in [2.45, 2.75) is 25.9 Å². The number of aromatic nitrogens is 1. The molecule has 0 amide bonds. The summed E-state index contributed by atoms with van der Waals surface area (Å²) in [5.41, 5.74) is 1.10. The van der Waals surface area contributed by atoms with Crippen LogP contribution in [0.4, 0.5) is 0 Å². The molecule has 1 aromatic heterocycles. The van der Waals surface area contributed by atoms with Gasteiger partial charge in [-0.25, -0.2) is 4.98 Å². The number of rotatable bonds is 7. The lowest BCUT2D eigenvalue weighted by atomic mass is 10.2. The van der Waals surface area contributed by atoms with Gasteiger partial charge in [-0.1, -0.05) is 6.07 Å². The molecule has 1 heterocycles. The van der Waals surface area contributed by atoms with Crippen LogP contribution in [0.5, 0.6) is 5.88 Å². The molecule has 0 fully saturated rings. The van der Waals surface area contributed by atoms with Gasteiger partial charge in [-0.05, 0) is 40.1 Å². The zero-order chi connectivity index (χ0) is 12.7. The number of nitrogens with one attached hydrogen (secondary N) is 1. The molecule has 0 saturated carbocycles. The Labute approximate surface area is 104 Å². The Balaban J connectivity index is 2.39. The summed E-state index contributed by atoms with van der Waals surface area (Å²) in [6, 6.07) is 4.46. The number of hydrogen-bond donors (Lipinski definition) is 1. The zero-order valence-electron chi connectivity index (χ0n) is 11.2. The van der Waals surface area contributed by atoms with Crippen molar-refractivity contribution < 1.29 is 4.74 Å². The second-order valence-electron chi connectivity index (χ2n) is 4.55. The summed E-state index contributed by atoms with van der Waals surface area (Å²) in [4.78, 5) is 6.38. The van der Waals surface area contributed by atoms with Gasteiger partial charge in [-0.3, -0.25) is 0 Å². The van der Waals surface area contributed by atoms with Crippen LogP contribution in [0.25, 0.3) is 0 Å². The van der Waals surface area contributed by atoms with Crippen molar-refractivity contribution in [1.82, 2.24) is 15.2 Å². The van der Waals surface area contributed by atoms with Crippen molar-refractivity contribution in [1.29, 1.82) is 0 Å². The third kappa shape index (κ3) is 5.15. The molecular weight excluding hydrogens is 214 g/mol. The molecule has 4 heteroatoms. The maximum atomic E-state index is 5.22. The molecule has 1 aromatic rings. The Bertz CT molecular complexity index is 328. The lowest BCUT2D eigenvalue weighted by Gasteiger charge is -2.17. The van der Waals surface area contributed by atoms with Crippen LogP contribution in [0.3, 0.4) is 0 Å². The standard InChI is InChI=1S/C13H23N3O/c1-11(7-9-16(2)3)15-10-12-6-5-8-14-13(12)17-4/h5-6,8,11,15H,7,9-10H2,1-4H3. The molecule has 1 N–H and O–H groups in total. The van der Waals surface area contributed by atoms with Crippen LogP contribution in [0, 0.1) is 0 Å². The normalized spacial score (nSPS) is 12.8. The van der Waals surface area contributed by atoms with Crippen LogP contribution in [0.1, 0.15) is 18.9 Å². The van der Waals surface area contributed by atoms with Crippen LogP contribution in [-0.4, -0.2) is 43.7 Å². The molecule has 1 unspecified atom stereocenters. The van der Waals surface area contributed by atoms with Crippen LogP contribution < -0.4 is 10.1 Å². The minimum atomic E-state index is 0.488. The van der Waals surface area contributed by atoms with Gasteiger partial charge < -0.3 is 15.0 Å². The van der Waals surface area contributed by atoms with E-state index in [0.717, 1.165) is 25.1 Å². The predicted molar refractivity (Wildman–Crippen MR) is 70.3 cm³/mol. The lowest BCUT2D eigenvalue weighted by molar-refractivity contribution is 0.361. The van der Waals surface area contributed by atoms with E-state index in [4.69, 9.17) is 4.74 Å². The SMILES string of the molecule is COc1ncccc1CNC(C)CCN(C)C. The molecule has 0 aliphatic carbocycles. The number of ether oxygens (including phenoxy) is 1. The highest BCUT2D eigenvalue weighted by atomic mass is 16.5. The van der Waals surface area contributed by atoms with Crippen molar-refractivity contribution in [3.05, 3.63) is 23.9 Å².